The lowest BCUT2D eigenvalue weighted by Gasteiger charge is -2.34. The summed E-state index contributed by atoms with van der Waals surface area (Å²) in [6.45, 7) is 4.61. The van der Waals surface area contributed by atoms with Crippen molar-refractivity contribution in [3.63, 3.8) is 0 Å². The number of fused-ring (bicyclic) bond motifs is 6. The summed E-state index contributed by atoms with van der Waals surface area (Å²) in [5.41, 5.74) is 2.65. The molecule has 0 spiro atoms. The first-order valence-corrected chi connectivity index (χ1v) is 9.11. The summed E-state index contributed by atoms with van der Waals surface area (Å²) < 4.78 is 29.8. The van der Waals surface area contributed by atoms with Crippen LogP contribution in [0.25, 0.3) is 6.08 Å². The zero-order chi connectivity index (χ0) is 18.8. The number of methoxy groups -OCH3 is 2. The maximum Gasteiger partial charge on any atom is 0.141 e. The predicted octanol–water partition coefficient (Wildman–Crippen LogP) is 4.50. The molecule has 0 fully saturated rings. The third-order valence-electron chi connectivity index (χ3n) is 5.45. The summed E-state index contributed by atoms with van der Waals surface area (Å²) in [5, 5.41) is 0. The summed E-state index contributed by atoms with van der Waals surface area (Å²) in [6.07, 6.45) is 3.95. The quantitative estimate of drug-likeness (QED) is 0.783. The summed E-state index contributed by atoms with van der Waals surface area (Å²) in [4.78, 5) is 0. The van der Waals surface area contributed by atoms with Gasteiger partial charge in [0.05, 0.1) is 37.9 Å². The van der Waals surface area contributed by atoms with Gasteiger partial charge in [-0.3, -0.25) is 0 Å². The maximum atomic E-state index is 6.35. The van der Waals surface area contributed by atoms with Gasteiger partial charge >= 0.3 is 0 Å². The first-order valence-electron chi connectivity index (χ1n) is 9.11. The van der Waals surface area contributed by atoms with E-state index < -0.39 is 0 Å². The van der Waals surface area contributed by atoms with Gasteiger partial charge in [-0.05, 0) is 32.1 Å². The van der Waals surface area contributed by atoms with E-state index in [1.165, 1.54) is 0 Å². The van der Waals surface area contributed by atoms with Gasteiger partial charge in [-0.2, -0.15) is 0 Å². The van der Waals surface area contributed by atoms with Crippen molar-refractivity contribution in [2.75, 3.05) is 20.8 Å². The average Bonchev–Trinajstić information content (AvgIpc) is 3.02. The van der Waals surface area contributed by atoms with Crippen LogP contribution in [0, 0.1) is 0 Å². The molecule has 5 heteroatoms. The molecule has 0 unspecified atom stereocenters. The van der Waals surface area contributed by atoms with Gasteiger partial charge in [0.15, 0.2) is 0 Å². The maximum absolute atomic E-state index is 6.35. The van der Waals surface area contributed by atoms with Crippen molar-refractivity contribution < 1.29 is 23.7 Å². The fourth-order valence-electron chi connectivity index (χ4n) is 4.14. The summed E-state index contributed by atoms with van der Waals surface area (Å²) in [7, 11) is 3.34. The largest absolute Gasteiger partial charge is 0.497 e. The number of benzene rings is 2. The molecule has 0 radical (unpaired) electrons. The highest BCUT2D eigenvalue weighted by atomic mass is 16.5. The average molecular weight is 366 g/mol. The first-order chi connectivity index (χ1) is 13.0. The standard InChI is InChI=1S/C22H22O5/c1-22(2)8-7-14-17(27-22)10-18-19(20(14)24-4)21-15(11-25-18)13-6-5-12(23-3)9-16(13)26-21/h5-10,15,21H,11H2,1-4H3/t15-,21+/m1/s1. The van der Waals surface area contributed by atoms with Gasteiger partial charge in [0.25, 0.3) is 0 Å². The molecule has 0 amide bonds. The Kier molecular flexibility index (Phi) is 3.39. The number of hydrogen-bond donors (Lipinski definition) is 0. The van der Waals surface area contributed by atoms with Crippen molar-refractivity contribution in [2.24, 2.45) is 0 Å². The van der Waals surface area contributed by atoms with E-state index in [-0.39, 0.29) is 17.6 Å². The van der Waals surface area contributed by atoms with Crippen LogP contribution in [0.3, 0.4) is 0 Å². The minimum atomic E-state index is -0.361. The van der Waals surface area contributed by atoms with E-state index in [1.807, 2.05) is 38.1 Å². The molecule has 0 saturated heterocycles. The lowest BCUT2D eigenvalue weighted by Crippen LogP contribution is -2.29. The second-order valence-corrected chi connectivity index (χ2v) is 7.63. The van der Waals surface area contributed by atoms with Crippen LogP contribution in [0.1, 0.15) is 42.6 Å². The summed E-state index contributed by atoms with van der Waals surface area (Å²) >= 11 is 0. The van der Waals surface area contributed by atoms with Gasteiger partial charge in [-0.1, -0.05) is 6.07 Å². The van der Waals surface area contributed by atoms with Crippen LogP contribution in [0.15, 0.2) is 30.3 Å². The SMILES string of the molecule is COc1ccc2c(c1)O[C@@H]1c3c(cc4c(c3OC)C=CC(C)(C)O4)OC[C@H]21. The Morgan fingerprint density at radius 1 is 1.04 bits per heavy atom. The van der Waals surface area contributed by atoms with E-state index in [1.54, 1.807) is 14.2 Å². The highest BCUT2D eigenvalue weighted by Crippen LogP contribution is 2.56. The topological polar surface area (TPSA) is 46.2 Å². The molecule has 2 aromatic rings. The third kappa shape index (κ3) is 2.37. The van der Waals surface area contributed by atoms with Gasteiger partial charge < -0.3 is 23.7 Å². The Balaban J connectivity index is 1.64. The Hall–Kier alpha value is -2.82. The van der Waals surface area contributed by atoms with E-state index >= 15 is 0 Å². The van der Waals surface area contributed by atoms with Gasteiger partial charge in [0.2, 0.25) is 0 Å². The minimum Gasteiger partial charge on any atom is -0.497 e. The van der Waals surface area contributed by atoms with Gasteiger partial charge in [0.1, 0.15) is 40.5 Å². The van der Waals surface area contributed by atoms with Gasteiger partial charge in [-0.15, -0.1) is 0 Å². The molecule has 27 heavy (non-hydrogen) atoms. The molecule has 3 aliphatic rings. The van der Waals surface area contributed by atoms with Crippen molar-refractivity contribution in [3.8, 4) is 28.7 Å². The van der Waals surface area contributed by atoms with E-state index in [0.29, 0.717) is 6.61 Å². The van der Waals surface area contributed by atoms with E-state index in [0.717, 1.165) is 45.4 Å². The fourth-order valence-corrected chi connectivity index (χ4v) is 4.14. The van der Waals surface area contributed by atoms with E-state index in [2.05, 4.69) is 12.1 Å². The number of ether oxygens (including phenoxy) is 5. The van der Waals surface area contributed by atoms with Crippen LogP contribution < -0.4 is 23.7 Å². The Bertz CT molecular complexity index is 960. The molecular weight excluding hydrogens is 344 g/mol. The van der Waals surface area contributed by atoms with E-state index in [4.69, 9.17) is 23.7 Å². The molecule has 2 atom stereocenters. The molecule has 0 aliphatic carbocycles. The molecule has 140 valence electrons. The Morgan fingerprint density at radius 3 is 2.67 bits per heavy atom. The summed E-state index contributed by atoms with van der Waals surface area (Å²) in [5.74, 6) is 4.03. The number of hydrogen-bond acceptors (Lipinski definition) is 5. The van der Waals surface area contributed by atoms with Crippen molar-refractivity contribution >= 4 is 6.08 Å². The van der Waals surface area contributed by atoms with Crippen LogP contribution in [-0.4, -0.2) is 26.4 Å². The van der Waals surface area contributed by atoms with E-state index in [9.17, 15) is 0 Å². The predicted molar refractivity (Wildman–Crippen MR) is 101 cm³/mol. The molecule has 0 bridgehead atoms. The Morgan fingerprint density at radius 2 is 1.89 bits per heavy atom. The van der Waals surface area contributed by atoms with Crippen molar-refractivity contribution in [1.29, 1.82) is 0 Å². The van der Waals surface area contributed by atoms with Crippen LogP contribution in [0.4, 0.5) is 0 Å². The fraction of sp³-hybridized carbons (Fsp3) is 0.364. The molecule has 0 saturated carbocycles. The van der Waals surface area contributed by atoms with Crippen LogP contribution in [-0.2, 0) is 0 Å². The van der Waals surface area contributed by atoms with Crippen LogP contribution in [0.5, 0.6) is 28.7 Å². The third-order valence-corrected chi connectivity index (χ3v) is 5.45. The van der Waals surface area contributed by atoms with Crippen molar-refractivity contribution in [2.45, 2.75) is 31.5 Å². The second kappa shape index (κ2) is 5.59. The lowest BCUT2D eigenvalue weighted by molar-refractivity contribution is 0.130. The van der Waals surface area contributed by atoms with Crippen molar-refractivity contribution in [1.82, 2.24) is 0 Å². The molecule has 0 aromatic heterocycles. The van der Waals surface area contributed by atoms with Crippen LogP contribution >= 0.6 is 0 Å². The highest BCUT2D eigenvalue weighted by Gasteiger charge is 2.44. The summed E-state index contributed by atoms with van der Waals surface area (Å²) in [6, 6.07) is 7.91. The minimum absolute atomic E-state index is 0.121. The molecule has 5 nitrogen and oxygen atoms in total. The zero-order valence-corrected chi connectivity index (χ0v) is 15.9. The monoisotopic (exact) mass is 366 g/mol. The molecule has 5 rings (SSSR count). The highest BCUT2D eigenvalue weighted by molar-refractivity contribution is 5.73. The molecule has 3 heterocycles. The molecule has 2 aromatic carbocycles. The van der Waals surface area contributed by atoms with Gasteiger partial charge in [0, 0.05) is 17.7 Å². The normalized spacial score (nSPS) is 23.0. The lowest BCUT2D eigenvalue weighted by atomic mass is 9.87. The number of rotatable bonds is 2. The molecule has 3 aliphatic heterocycles. The Labute approximate surface area is 158 Å². The van der Waals surface area contributed by atoms with Gasteiger partial charge in [-0.25, -0.2) is 0 Å². The van der Waals surface area contributed by atoms with Crippen LogP contribution in [0.2, 0.25) is 0 Å². The zero-order valence-electron chi connectivity index (χ0n) is 15.9. The molecular formula is C22H22O5. The smallest absolute Gasteiger partial charge is 0.141 e. The second-order valence-electron chi connectivity index (χ2n) is 7.63. The first kappa shape index (κ1) is 16.4. The van der Waals surface area contributed by atoms with Crippen molar-refractivity contribution in [3.05, 3.63) is 47.0 Å². The molecule has 0 N–H and O–H groups in total.